The summed E-state index contributed by atoms with van der Waals surface area (Å²) in [5.74, 6) is -2.51. The van der Waals surface area contributed by atoms with Crippen LogP contribution in [0, 0.1) is 0 Å². The molecule has 2 saturated heterocycles. The third-order valence-electron chi connectivity index (χ3n) is 5.28. The van der Waals surface area contributed by atoms with Crippen molar-refractivity contribution in [2.75, 3.05) is 7.11 Å². The quantitative estimate of drug-likeness (QED) is 0.322. The SMILES string of the molecule is COC(=O)/C=C(\C)NC(C(=O)NC1C(=O)N2[C@@H](C(=O)O)C(C)(C)S[C@@H]12)c1ccccc1. The molecule has 9 nitrogen and oxygen atoms in total. The number of nitrogens with zero attached hydrogens (tertiary/aromatic N) is 1. The summed E-state index contributed by atoms with van der Waals surface area (Å²) in [6.07, 6.45) is 1.23. The van der Waals surface area contributed by atoms with E-state index in [2.05, 4.69) is 15.4 Å². The van der Waals surface area contributed by atoms with Gasteiger partial charge in [-0.2, -0.15) is 0 Å². The number of amides is 2. The Labute approximate surface area is 184 Å². The molecule has 3 N–H and O–H groups in total. The highest BCUT2D eigenvalue weighted by atomic mass is 32.2. The Bertz CT molecular complexity index is 932. The van der Waals surface area contributed by atoms with E-state index in [0.717, 1.165) is 0 Å². The lowest BCUT2D eigenvalue weighted by Crippen LogP contribution is -2.71. The van der Waals surface area contributed by atoms with Gasteiger partial charge in [-0.1, -0.05) is 30.3 Å². The molecule has 0 saturated carbocycles. The number of benzene rings is 1. The van der Waals surface area contributed by atoms with Crippen molar-refractivity contribution in [1.29, 1.82) is 0 Å². The van der Waals surface area contributed by atoms with Crippen LogP contribution in [-0.4, -0.2) is 63.1 Å². The molecule has 0 aromatic heterocycles. The summed E-state index contributed by atoms with van der Waals surface area (Å²) in [5, 5.41) is 14.8. The van der Waals surface area contributed by atoms with Gasteiger partial charge in [0.15, 0.2) is 0 Å². The second-order valence-corrected chi connectivity index (χ2v) is 9.69. The number of methoxy groups -OCH3 is 1. The third-order valence-corrected chi connectivity index (χ3v) is 6.85. The molecular formula is C21H25N3O6S. The Morgan fingerprint density at radius 1 is 1.26 bits per heavy atom. The molecule has 2 amide bonds. The number of allylic oxidation sites excluding steroid dienone is 1. The van der Waals surface area contributed by atoms with Crippen molar-refractivity contribution in [1.82, 2.24) is 15.5 Å². The van der Waals surface area contributed by atoms with Gasteiger partial charge in [-0.25, -0.2) is 9.59 Å². The molecule has 2 fully saturated rings. The maximum atomic E-state index is 13.1. The molecule has 2 aliphatic heterocycles. The number of hydrogen-bond acceptors (Lipinski definition) is 7. The maximum Gasteiger partial charge on any atom is 0.332 e. The number of β-lactam (4-membered cyclic amide) rings is 1. The number of carboxylic acids is 1. The first kappa shape index (κ1) is 22.7. The number of carbonyl (C=O) groups is 4. The zero-order valence-corrected chi connectivity index (χ0v) is 18.4. The Hall–Kier alpha value is -3.01. The van der Waals surface area contributed by atoms with Crippen LogP contribution in [0.2, 0.25) is 0 Å². The van der Waals surface area contributed by atoms with Crippen LogP contribution in [0.25, 0.3) is 0 Å². The van der Waals surface area contributed by atoms with E-state index in [1.807, 2.05) is 6.07 Å². The number of esters is 1. The fraction of sp³-hybridized carbons (Fsp3) is 0.429. The molecule has 2 heterocycles. The fourth-order valence-electron chi connectivity index (χ4n) is 3.83. The first-order valence-corrected chi connectivity index (χ1v) is 10.6. The van der Waals surface area contributed by atoms with Gasteiger partial charge in [0.05, 0.1) is 7.11 Å². The van der Waals surface area contributed by atoms with E-state index in [9.17, 15) is 24.3 Å². The number of rotatable bonds is 7. The Morgan fingerprint density at radius 2 is 1.90 bits per heavy atom. The van der Waals surface area contributed by atoms with Crippen LogP contribution in [0.15, 0.2) is 42.1 Å². The molecule has 2 unspecified atom stereocenters. The molecule has 0 aliphatic carbocycles. The molecule has 4 atom stereocenters. The largest absolute Gasteiger partial charge is 0.480 e. The van der Waals surface area contributed by atoms with E-state index in [1.54, 1.807) is 45.0 Å². The molecule has 10 heteroatoms. The van der Waals surface area contributed by atoms with Crippen molar-refractivity contribution in [2.24, 2.45) is 0 Å². The number of carboxylic acid groups (broad SMARTS) is 1. The number of hydrogen-bond donors (Lipinski definition) is 3. The normalized spacial score (nSPS) is 25.2. The number of fused-ring (bicyclic) bond motifs is 1. The smallest absolute Gasteiger partial charge is 0.332 e. The number of carbonyl (C=O) groups excluding carboxylic acids is 3. The van der Waals surface area contributed by atoms with E-state index >= 15 is 0 Å². The van der Waals surface area contributed by atoms with E-state index in [4.69, 9.17) is 0 Å². The molecule has 3 rings (SSSR count). The molecule has 166 valence electrons. The van der Waals surface area contributed by atoms with Gasteiger partial charge in [-0.15, -0.1) is 11.8 Å². The third kappa shape index (κ3) is 4.39. The van der Waals surface area contributed by atoms with Gasteiger partial charge < -0.3 is 25.4 Å². The van der Waals surface area contributed by atoms with Crippen LogP contribution in [0.1, 0.15) is 32.4 Å². The predicted octanol–water partition coefficient (Wildman–Crippen LogP) is 1.03. The van der Waals surface area contributed by atoms with Gasteiger partial charge in [0.1, 0.15) is 23.5 Å². The van der Waals surface area contributed by atoms with E-state index in [-0.39, 0.29) is 0 Å². The average molecular weight is 448 g/mol. The van der Waals surface area contributed by atoms with Gasteiger partial charge in [0, 0.05) is 16.5 Å². The standard InChI is InChI=1S/C21H25N3O6S/c1-11(10-13(25)30-4)22-14(12-8-6-5-7-9-12)17(26)23-15-18(27)24-16(20(28)29)21(2,3)31-19(15)24/h5-10,14-16,19,22H,1-4H3,(H,23,26)(H,28,29)/b11-10+/t14?,15?,16-,19-/m0/s1. The van der Waals surface area contributed by atoms with Gasteiger partial charge in [-0.05, 0) is 26.3 Å². The Morgan fingerprint density at radius 3 is 2.48 bits per heavy atom. The minimum absolute atomic E-state index is 0.416. The highest BCUT2D eigenvalue weighted by Crippen LogP contribution is 2.50. The second kappa shape index (κ2) is 8.62. The first-order chi connectivity index (χ1) is 14.6. The zero-order valence-electron chi connectivity index (χ0n) is 17.6. The lowest BCUT2D eigenvalue weighted by atomic mass is 9.95. The second-order valence-electron chi connectivity index (χ2n) is 7.92. The molecule has 31 heavy (non-hydrogen) atoms. The van der Waals surface area contributed by atoms with Crippen molar-refractivity contribution in [3.63, 3.8) is 0 Å². The van der Waals surface area contributed by atoms with Crippen LogP contribution in [-0.2, 0) is 23.9 Å². The number of ether oxygens (including phenoxy) is 1. The van der Waals surface area contributed by atoms with Crippen molar-refractivity contribution in [3.8, 4) is 0 Å². The van der Waals surface area contributed by atoms with Crippen LogP contribution < -0.4 is 10.6 Å². The molecule has 0 radical (unpaired) electrons. The summed E-state index contributed by atoms with van der Waals surface area (Å²) in [4.78, 5) is 50.3. The lowest BCUT2D eigenvalue weighted by molar-refractivity contribution is -0.161. The minimum atomic E-state index is -1.06. The van der Waals surface area contributed by atoms with Gasteiger partial charge in [0.25, 0.3) is 0 Å². The summed E-state index contributed by atoms with van der Waals surface area (Å²) in [6, 6.07) is 6.25. The fourth-order valence-corrected chi connectivity index (χ4v) is 5.46. The van der Waals surface area contributed by atoms with E-state index < -0.39 is 52.0 Å². The van der Waals surface area contributed by atoms with Crippen molar-refractivity contribution >= 4 is 35.5 Å². The van der Waals surface area contributed by atoms with Gasteiger partial charge in [-0.3, -0.25) is 9.59 Å². The van der Waals surface area contributed by atoms with Crippen LogP contribution in [0.3, 0.4) is 0 Å². The van der Waals surface area contributed by atoms with Crippen molar-refractivity contribution in [3.05, 3.63) is 47.7 Å². The average Bonchev–Trinajstić information content (AvgIpc) is 2.98. The van der Waals surface area contributed by atoms with Gasteiger partial charge in [0.2, 0.25) is 11.8 Å². The number of aliphatic carboxylic acids is 1. The molecule has 0 bridgehead atoms. The molecule has 0 spiro atoms. The zero-order chi connectivity index (χ0) is 22.9. The van der Waals surface area contributed by atoms with Gasteiger partial charge >= 0.3 is 11.9 Å². The summed E-state index contributed by atoms with van der Waals surface area (Å²) in [6.45, 7) is 5.18. The maximum absolute atomic E-state index is 13.1. The van der Waals surface area contributed by atoms with E-state index in [1.165, 1.54) is 29.8 Å². The Balaban J connectivity index is 1.79. The highest BCUT2D eigenvalue weighted by molar-refractivity contribution is 8.01. The molecular weight excluding hydrogens is 422 g/mol. The lowest BCUT2D eigenvalue weighted by Gasteiger charge is -2.44. The summed E-state index contributed by atoms with van der Waals surface area (Å²) >= 11 is 1.36. The monoisotopic (exact) mass is 447 g/mol. The van der Waals surface area contributed by atoms with Crippen molar-refractivity contribution < 1.29 is 29.0 Å². The first-order valence-electron chi connectivity index (χ1n) is 9.67. The van der Waals surface area contributed by atoms with E-state index in [0.29, 0.717) is 11.3 Å². The van der Waals surface area contributed by atoms with Crippen LogP contribution in [0.5, 0.6) is 0 Å². The summed E-state index contributed by atoms with van der Waals surface area (Å²) in [7, 11) is 1.26. The minimum Gasteiger partial charge on any atom is -0.480 e. The molecule has 1 aromatic carbocycles. The number of nitrogens with one attached hydrogen (secondary N) is 2. The topological polar surface area (TPSA) is 125 Å². The highest BCUT2D eigenvalue weighted by Gasteiger charge is 2.64. The predicted molar refractivity (Wildman–Crippen MR) is 114 cm³/mol. The Kier molecular flexibility index (Phi) is 6.30. The number of thioether (sulfide) groups is 1. The summed E-state index contributed by atoms with van der Waals surface area (Å²) in [5.41, 5.74) is 1.06. The molecule has 1 aromatic rings. The molecule has 2 aliphatic rings. The van der Waals surface area contributed by atoms with Crippen LogP contribution in [0.4, 0.5) is 0 Å². The van der Waals surface area contributed by atoms with Crippen molar-refractivity contribution in [2.45, 2.75) is 49.0 Å². The van der Waals surface area contributed by atoms with Crippen LogP contribution >= 0.6 is 11.8 Å². The summed E-state index contributed by atoms with van der Waals surface area (Å²) < 4.78 is 3.94.